The normalized spacial score (nSPS) is 15.7. The molecule has 1 aliphatic heterocycles. The number of nitrogens with one attached hydrogen (secondary N) is 1. The van der Waals surface area contributed by atoms with Gasteiger partial charge in [0, 0.05) is 12.3 Å². The highest BCUT2D eigenvalue weighted by molar-refractivity contribution is 5.54. The number of piperidine rings is 1. The van der Waals surface area contributed by atoms with Crippen molar-refractivity contribution in [1.29, 1.82) is 0 Å². The van der Waals surface area contributed by atoms with Gasteiger partial charge in [0.25, 0.3) is 0 Å². The standard InChI is InChI=1S/C19H22N6O/c1-24-9-7-16(8-10-24)25-13-15(12-22-25)23-18-11-19(21-14-20-18)26-17-5-3-2-4-6-17/h2-6,11-14,16H,7-10H2,1H3,(H,20,21,23). The first-order chi connectivity index (χ1) is 12.8. The predicted octanol–water partition coefficient (Wildman–Crippen LogP) is 3.48. The number of ether oxygens (including phenoxy) is 1. The fourth-order valence-electron chi connectivity index (χ4n) is 3.08. The van der Waals surface area contributed by atoms with Crippen molar-refractivity contribution in [2.75, 3.05) is 25.5 Å². The summed E-state index contributed by atoms with van der Waals surface area (Å²) in [5.41, 5.74) is 0.910. The van der Waals surface area contributed by atoms with Gasteiger partial charge in [-0.2, -0.15) is 5.10 Å². The minimum Gasteiger partial charge on any atom is -0.439 e. The molecule has 1 saturated heterocycles. The Bertz CT molecular complexity index is 842. The number of rotatable bonds is 5. The summed E-state index contributed by atoms with van der Waals surface area (Å²) in [6.45, 7) is 2.22. The first kappa shape index (κ1) is 16.5. The fraction of sp³-hybridized carbons (Fsp3) is 0.316. The summed E-state index contributed by atoms with van der Waals surface area (Å²) in [5.74, 6) is 1.91. The third-order valence-electron chi connectivity index (χ3n) is 4.54. The van der Waals surface area contributed by atoms with Gasteiger partial charge in [-0.25, -0.2) is 9.97 Å². The third kappa shape index (κ3) is 4.00. The van der Waals surface area contributed by atoms with Crippen molar-refractivity contribution < 1.29 is 4.74 Å². The van der Waals surface area contributed by atoms with E-state index in [9.17, 15) is 0 Å². The summed E-state index contributed by atoms with van der Waals surface area (Å²) in [6.07, 6.45) is 7.61. The molecule has 7 heteroatoms. The fourth-order valence-corrected chi connectivity index (χ4v) is 3.08. The van der Waals surface area contributed by atoms with E-state index >= 15 is 0 Å². The Labute approximate surface area is 152 Å². The maximum absolute atomic E-state index is 5.75. The lowest BCUT2D eigenvalue weighted by molar-refractivity contribution is 0.212. The molecule has 0 atom stereocenters. The second-order valence-corrected chi connectivity index (χ2v) is 6.53. The lowest BCUT2D eigenvalue weighted by atomic mass is 10.1. The van der Waals surface area contributed by atoms with Crippen LogP contribution in [0.1, 0.15) is 18.9 Å². The molecule has 0 bridgehead atoms. The molecule has 1 aromatic carbocycles. The highest BCUT2D eigenvalue weighted by atomic mass is 16.5. The summed E-state index contributed by atoms with van der Waals surface area (Å²) >= 11 is 0. The number of benzene rings is 1. The van der Waals surface area contributed by atoms with Crippen molar-refractivity contribution in [3.63, 3.8) is 0 Å². The minimum absolute atomic E-state index is 0.462. The summed E-state index contributed by atoms with van der Waals surface area (Å²) in [5, 5.41) is 7.79. The van der Waals surface area contributed by atoms with Gasteiger partial charge in [-0.05, 0) is 45.1 Å². The zero-order chi connectivity index (χ0) is 17.8. The molecule has 0 radical (unpaired) electrons. The van der Waals surface area contributed by atoms with Crippen LogP contribution in [0, 0.1) is 0 Å². The molecule has 3 aromatic rings. The average molecular weight is 350 g/mol. The Morgan fingerprint density at radius 2 is 1.92 bits per heavy atom. The van der Waals surface area contributed by atoms with Crippen LogP contribution in [0.2, 0.25) is 0 Å². The Kier molecular flexibility index (Phi) is 4.79. The number of hydrogen-bond donors (Lipinski definition) is 1. The maximum atomic E-state index is 5.75. The Balaban J connectivity index is 1.42. The van der Waals surface area contributed by atoms with Crippen molar-refractivity contribution >= 4 is 11.5 Å². The highest BCUT2D eigenvalue weighted by Crippen LogP contribution is 2.25. The molecule has 2 aromatic heterocycles. The summed E-state index contributed by atoms with van der Waals surface area (Å²) in [6, 6.07) is 11.8. The van der Waals surface area contributed by atoms with E-state index in [0.29, 0.717) is 17.7 Å². The number of likely N-dealkylation sites (tertiary alicyclic amines) is 1. The molecule has 0 saturated carbocycles. The Morgan fingerprint density at radius 3 is 2.73 bits per heavy atom. The van der Waals surface area contributed by atoms with Gasteiger partial charge in [-0.1, -0.05) is 18.2 Å². The molecule has 4 rings (SSSR count). The third-order valence-corrected chi connectivity index (χ3v) is 4.54. The van der Waals surface area contributed by atoms with Gasteiger partial charge in [0.1, 0.15) is 17.9 Å². The van der Waals surface area contributed by atoms with Crippen LogP contribution in [0.4, 0.5) is 11.5 Å². The number of nitrogens with zero attached hydrogens (tertiary/aromatic N) is 5. The van der Waals surface area contributed by atoms with Gasteiger partial charge < -0.3 is 15.0 Å². The van der Waals surface area contributed by atoms with E-state index in [-0.39, 0.29) is 0 Å². The van der Waals surface area contributed by atoms with Crippen LogP contribution in [0.3, 0.4) is 0 Å². The van der Waals surface area contributed by atoms with Crippen molar-refractivity contribution in [3.05, 3.63) is 55.1 Å². The maximum Gasteiger partial charge on any atom is 0.224 e. The van der Waals surface area contributed by atoms with Crippen LogP contribution in [0.15, 0.2) is 55.1 Å². The second kappa shape index (κ2) is 7.53. The van der Waals surface area contributed by atoms with Gasteiger partial charge in [0.2, 0.25) is 5.88 Å². The van der Waals surface area contributed by atoms with Crippen LogP contribution in [-0.4, -0.2) is 44.8 Å². The molecule has 1 aliphatic rings. The molecule has 0 unspecified atom stereocenters. The smallest absolute Gasteiger partial charge is 0.224 e. The summed E-state index contributed by atoms with van der Waals surface area (Å²) in [7, 11) is 2.16. The SMILES string of the molecule is CN1CCC(n2cc(Nc3cc(Oc4ccccc4)ncn3)cn2)CC1. The molecular weight excluding hydrogens is 328 g/mol. The van der Waals surface area contributed by atoms with Gasteiger partial charge >= 0.3 is 0 Å². The van der Waals surface area contributed by atoms with Crippen LogP contribution < -0.4 is 10.1 Å². The van der Waals surface area contributed by atoms with Gasteiger partial charge in [0.05, 0.1) is 17.9 Å². The Hall–Kier alpha value is -2.93. The average Bonchev–Trinajstić information content (AvgIpc) is 3.12. The molecule has 1 fully saturated rings. The topological polar surface area (TPSA) is 68.1 Å². The predicted molar refractivity (Wildman–Crippen MR) is 99.8 cm³/mol. The van der Waals surface area contributed by atoms with E-state index in [1.165, 1.54) is 6.33 Å². The quantitative estimate of drug-likeness (QED) is 0.760. The van der Waals surface area contributed by atoms with E-state index in [1.807, 2.05) is 42.7 Å². The van der Waals surface area contributed by atoms with Gasteiger partial charge in [-0.15, -0.1) is 0 Å². The molecule has 1 N–H and O–H groups in total. The number of anilines is 2. The van der Waals surface area contributed by atoms with Crippen molar-refractivity contribution in [2.24, 2.45) is 0 Å². The number of hydrogen-bond acceptors (Lipinski definition) is 6. The first-order valence-corrected chi connectivity index (χ1v) is 8.81. The van der Waals surface area contributed by atoms with Crippen LogP contribution in [0.25, 0.3) is 0 Å². The van der Waals surface area contributed by atoms with E-state index in [1.54, 1.807) is 6.07 Å². The molecule has 3 heterocycles. The summed E-state index contributed by atoms with van der Waals surface area (Å²) < 4.78 is 7.80. The van der Waals surface area contributed by atoms with Crippen LogP contribution in [-0.2, 0) is 0 Å². The molecule has 7 nitrogen and oxygen atoms in total. The van der Waals surface area contributed by atoms with Gasteiger partial charge in [0.15, 0.2) is 0 Å². The van der Waals surface area contributed by atoms with Crippen LogP contribution >= 0.6 is 0 Å². The Morgan fingerprint density at radius 1 is 1.12 bits per heavy atom. The van der Waals surface area contributed by atoms with Crippen LogP contribution in [0.5, 0.6) is 11.6 Å². The number of aromatic nitrogens is 4. The lowest BCUT2D eigenvalue weighted by Crippen LogP contribution is -2.31. The molecule has 0 aliphatic carbocycles. The lowest BCUT2D eigenvalue weighted by Gasteiger charge is -2.28. The zero-order valence-corrected chi connectivity index (χ0v) is 14.7. The first-order valence-electron chi connectivity index (χ1n) is 8.81. The zero-order valence-electron chi connectivity index (χ0n) is 14.7. The van der Waals surface area contributed by atoms with E-state index in [4.69, 9.17) is 4.74 Å². The molecular formula is C19H22N6O. The largest absolute Gasteiger partial charge is 0.439 e. The van der Waals surface area contributed by atoms with E-state index in [0.717, 1.165) is 37.4 Å². The van der Waals surface area contributed by atoms with Crippen molar-refractivity contribution in [2.45, 2.75) is 18.9 Å². The van der Waals surface area contributed by atoms with Crippen molar-refractivity contribution in [3.8, 4) is 11.6 Å². The molecule has 26 heavy (non-hydrogen) atoms. The van der Waals surface area contributed by atoms with Gasteiger partial charge in [-0.3, -0.25) is 4.68 Å². The summed E-state index contributed by atoms with van der Waals surface area (Å²) in [4.78, 5) is 10.8. The molecule has 0 spiro atoms. The van der Waals surface area contributed by atoms with E-state index in [2.05, 4.69) is 37.0 Å². The highest BCUT2D eigenvalue weighted by Gasteiger charge is 2.18. The second-order valence-electron chi connectivity index (χ2n) is 6.53. The molecule has 134 valence electrons. The number of para-hydroxylation sites is 1. The van der Waals surface area contributed by atoms with Crippen molar-refractivity contribution in [1.82, 2.24) is 24.6 Å². The monoisotopic (exact) mass is 350 g/mol. The van der Waals surface area contributed by atoms with E-state index < -0.39 is 0 Å². The minimum atomic E-state index is 0.462. The molecule has 0 amide bonds.